The molecule has 0 aliphatic carbocycles. The van der Waals surface area contributed by atoms with Crippen LogP contribution in [0.2, 0.25) is 10.0 Å². The van der Waals surface area contributed by atoms with E-state index in [0.29, 0.717) is 43.5 Å². The van der Waals surface area contributed by atoms with Gasteiger partial charge in [0.05, 0.1) is 23.3 Å². The molecule has 0 fully saturated rings. The maximum atomic E-state index is 9.37. The molecular formula is C32H14Cl2N2O2. The Kier molecular flexibility index (Phi) is 4.96. The first-order valence-corrected chi connectivity index (χ1v) is 12.5. The van der Waals surface area contributed by atoms with Gasteiger partial charge in [0.15, 0.2) is 0 Å². The fraction of sp³-hybridized carbons (Fsp3) is 0. The normalized spacial score (nSPS) is 11.4. The van der Waals surface area contributed by atoms with Crippen LogP contribution < -0.4 is 0 Å². The summed E-state index contributed by atoms with van der Waals surface area (Å²) in [5, 5.41) is 23.4. The Morgan fingerprint density at radius 3 is 1.29 bits per heavy atom. The van der Waals surface area contributed by atoms with Gasteiger partial charge in [-0.15, -0.1) is 0 Å². The molecule has 0 amide bonds. The van der Waals surface area contributed by atoms with E-state index in [2.05, 4.69) is 12.1 Å². The molecule has 0 aliphatic heterocycles. The monoisotopic (exact) mass is 528 g/mol. The van der Waals surface area contributed by atoms with Gasteiger partial charge in [-0.25, -0.2) is 0 Å². The van der Waals surface area contributed by atoms with Gasteiger partial charge in [-0.3, -0.25) is 0 Å². The van der Waals surface area contributed by atoms with Crippen LogP contribution in [0.1, 0.15) is 11.1 Å². The highest BCUT2D eigenvalue weighted by molar-refractivity contribution is 6.34. The van der Waals surface area contributed by atoms with E-state index in [-0.39, 0.29) is 0 Å². The molecule has 38 heavy (non-hydrogen) atoms. The van der Waals surface area contributed by atoms with Gasteiger partial charge in [0.1, 0.15) is 22.3 Å². The molecule has 0 N–H and O–H groups in total. The molecule has 178 valence electrons. The Hall–Kier alpha value is -4.74. The summed E-state index contributed by atoms with van der Waals surface area (Å²) in [6.45, 7) is 0. The fourth-order valence-corrected chi connectivity index (χ4v) is 5.51. The average Bonchev–Trinajstić information content (AvgIpc) is 3.49. The zero-order valence-corrected chi connectivity index (χ0v) is 21.1. The number of fused-ring (bicyclic) bond motifs is 6. The second kappa shape index (κ2) is 8.40. The molecule has 7 aromatic rings. The van der Waals surface area contributed by atoms with Crippen molar-refractivity contribution in [3.63, 3.8) is 0 Å². The highest BCUT2D eigenvalue weighted by Gasteiger charge is 2.26. The van der Waals surface area contributed by atoms with Crippen molar-refractivity contribution >= 4 is 67.1 Å². The molecule has 0 saturated heterocycles. The van der Waals surface area contributed by atoms with Crippen LogP contribution in [-0.2, 0) is 0 Å². The zero-order chi connectivity index (χ0) is 26.0. The van der Waals surface area contributed by atoms with E-state index in [4.69, 9.17) is 32.0 Å². The summed E-state index contributed by atoms with van der Waals surface area (Å²) in [5.41, 5.74) is 7.26. The topological polar surface area (TPSA) is 73.9 Å². The molecule has 5 aromatic carbocycles. The molecule has 0 aliphatic rings. The number of rotatable bonds is 2. The van der Waals surface area contributed by atoms with E-state index in [0.717, 1.165) is 43.8 Å². The van der Waals surface area contributed by atoms with Gasteiger partial charge in [-0.05, 0) is 59.7 Å². The predicted molar refractivity (Wildman–Crippen MR) is 151 cm³/mol. The Balaban J connectivity index is 1.75. The molecule has 2 heterocycles. The zero-order valence-electron chi connectivity index (χ0n) is 19.5. The lowest BCUT2D eigenvalue weighted by molar-refractivity contribution is 0.665. The van der Waals surface area contributed by atoms with Crippen LogP contribution in [0.4, 0.5) is 0 Å². The molecule has 4 nitrogen and oxygen atoms in total. The summed E-state index contributed by atoms with van der Waals surface area (Å²) in [6.07, 6.45) is 0. The molecule has 0 radical (unpaired) electrons. The van der Waals surface area contributed by atoms with Crippen LogP contribution in [0.3, 0.4) is 0 Å². The minimum Gasteiger partial charge on any atom is -0.455 e. The van der Waals surface area contributed by atoms with Gasteiger partial charge < -0.3 is 8.83 Å². The van der Waals surface area contributed by atoms with Crippen LogP contribution in [0, 0.1) is 22.7 Å². The lowest BCUT2D eigenvalue weighted by Gasteiger charge is -2.11. The first kappa shape index (κ1) is 22.5. The summed E-state index contributed by atoms with van der Waals surface area (Å²) in [5.74, 6) is 0. The lowest BCUT2D eigenvalue weighted by Crippen LogP contribution is -1.88. The first-order valence-electron chi connectivity index (χ1n) is 11.8. The molecular weight excluding hydrogens is 515 g/mol. The van der Waals surface area contributed by atoms with Crippen molar-refractivity contribution < 1.29 is 8.83 Å². The first-order chi connectivity index (χ1) is 18.6. The Labute approximate surface area is 226 Å². The second-order valence-electron chi connectivity index (χ2n) is 9.02. The summed E-state index contributed by atoms with van der Waals surface area (Å²) in [6, 6.07) is 30.4. The molecule has 0 unspecified atom stereocenters. The van der Waals surface area contributed by atoms with Crippen LogP contribution in [0.25, 0.3) is 66.1 Å². The molecule has 0 saturated carbocycles. The summed E-state index contributed by atoms with van der Waals surface area (Å²) in [7, 11) is 0. The van der Waals surface area contributed by atoms with Gasteiger partial charge in [0, 0.05) is 54.8 Å². The number of nitrogens with zero attached hydrogens (tertiary/aromatic N) is 2. The van der Waals surface area contributed by atoms with E-state index in [1.165, 1.54) is 0 Å². The number of nitriles is 2. The quantitative estimate of drug-likeness (QED) is 0.223. The standard InChI is InChI=1S/C32H14Cl2N2O2/c33-21-9-11-23-25(13-21)38-32-28(20-7-3-18(16-36)4-8-20)30-24-12-10-22(34)14-26(24)37-31(30)27(29(23)32)19-5-1-17(15-35)2-6-19/h1-14H. The van der Waals surface area contributed by atoms with Crippen molar-refractivity contribution in [1.82, 2.24) is 0 Å². The van der Waals surface area contributed by atoms with Crippen molar-refractivity contribution in [2.75, 3.05) is 0 Å². The SMILES string of the molecule is N#Cc1ccc(-c2c3oc4cc(Cl)ccc4c3c(-c3ccc(C#N)cc3)c3oc4cc(Cl)ccc4c23)cc1. The summed E-state index contributed by atoms with van der Waals surface area (Å²) >= 11 is 12.7. The van der Waals surface area contributed by atoms with Crippen molar-refractivity contribution in [2.24, 2.45) is 0 Å². The number of hydrogen-bond acceptors (Lipinski definition) is 4. The Morgan fingerprint density at radius 2 is 0.921 bits per heavy atom. The van der Waals surface area contributed by atoms with E-state index in [9.17, 15) is 10.5 Å². The molecule has 0 bridgehead atoms. The van der Waals surface area contributed by atoms with Crippen LogP contribution in [0.15, 0.2) is 93.8 Å². The molecule has 0 spiro atoms. The van der Waals surface area contributed by atoms with Crippen molar-refractivity contribution in [1.29, 1.82) is 10.5 Å². The fourth-order valence-electron chi connectivity index (χ4n) is 5.19. The predicted octanol–water partition coefficient (Wildman–Crippen LogP) is 9.87. The van der Waals surface area contributed by atoms with Gasteiger partial charge in [-0.2, -0.15) is 10.5 Å². The minimum absolute atomic E-state index is 0.565. The van der Waals surface area contributed by atoms with Gasteiger partial charge in [0.25, 0.3) is 0 Å². The van der Waals surface area contributed by atoms with E-state index < -0.39 is 0 Å². The second-order valence-corrected chi connectivity index (χ2v) is 9.89. The van der Waals surface area contributed by atoms with Crippen LogP contribution in [0.5, 0.6) is 0 Å². The highest BCUT2D eigenvalue weighted by atomic mass is 35.5. The lowest BCUT2D eigenvalue weighted by atomic mass is 9.90. The van der Waals surface area contributed by atoms with E-state index >= 15 is 0 Å². The number of furan rings is 2. The van der Waals surface area contributed by atoms with Gasteiger partial charge >= 0.3 is 0 Å². The highest BCUT2D eigenvalue weighted by Crippen LogP contribution is 2.50. The minimum atomic E-state index is 0.565. The molecule has 2 aromatic heterocycles. The van der Waals surface area contributed by atoms with Crippen molar-refractivity contribution in [3.8, 4) is 34.4 Å². The Bertz CT molecular complexity index is 2000. The Morgan fingerprint density at radius 1 is 0.526 bits per heavy atom. The summed E-state index contributed by atoms with van der Waals surface area (Å²) < 4.78 is 13.1. The number of benzene rings is 5. The number of hydrogen-bond donors (Lipinski definition) is 0. The largest absolute Gasteiger partial charge is 0.455 e. The maximum Gasteiger partial charge on any atom is 0.144 e. The van der Waals surface area contributed by atoms with E-state index in [1.54, 1.807) is 24.3 Å². The number of halogens is 2. The maximum absolute atomic E-state index is 9.37. The van der Waals surface area contributed by atoms with E-state index in [1.807, 2.05) is 60.7 Å². The van der Waals surface area contributed by atoms with Gasteiger partial charge in [-0.1, -0.05) is 47.5 Å². The van der Waals surface area contributed by atoms with Crippen molar-refractivity contribution in [2.45, 2.75) is 0 Å². The third-order valence-electron chi connectivity index (χ3n) is 6.86. The van der Waals surface area contributed by atoms with Crippen molar-refractivity contribution in [3.05, 3.63) is 106 Å². The van der Waals surface area contributed by atoms with Crippen LogP contribution in [-0.4, -0.2) is 0 Å². The molecule has 6 heteroatoms. The van der Waals surface area contributed by atoms with Crippen LogP contribution >= 0.6 is 23.2 Å². The average molecular weight is 529 g/mol. The molecule has 0 atom stereocenters. The van der Waals surface area contributed by atoms with Gasteiger partial charge in [0.2, 0.25) is 0 Å². The third kappa shape index (κ3) is 3.29. The molecule has 7 rings (SSSR count). The summed E-state index contributed by atoms with van der Waals surface area (Å²) in [4.78, 5) is 0. The smallest absolute Gasteiger partial charge is 0.144 e. The third-order valence-corrected chi connectivity index (χ3v) is 7.33.